The van der Waals surface area contributed by atoms with Crippen LogP contribution in [0.1, 0.15) is 17.4 Å². The van der Waals surface area contributed by atoms with Gasteiger partial charge >= 0.3 is 5.97 Å². The second-order valence-corrected chi connectivity index (χ2v) is 3.36. The molecule has 0 amide bonds. The molecule has 0 atom stereocenters. The van der Waals surface area contributed by atoms with Crippen molar-refractivity contribution < 1.29 is 14.3 Å². The van der Waals surface area contributed by atoms with Gasteiger partial charge in [-0.15, -0.1) is 0 Å². The molecular formula is C12H13NO3. The van der Waals surface area contributed by atoms with Gasteiger partial charge in [0.05, 0.1) is 13.7 Å². The standard InChI is InChI=1S/C12H13NO3/c1-3-16-9-4-5-10-8(6-9)7-11(13-10)12(14)15-2/h4-7,13H,3H2,1-2H3. The van der Waals surface area contributed by atoms with Crippen molar-refractivity contribution in [1.29, 1.82) is 0 Å². The number of carbonyl (C=O) groups is 1. The molecule has 1 aromatic heterocycles. The zero-order valence-corrected chi connectivity index (χ0v) is 9.24. The SMILES string of the molecule is CCOc1ccc2[nH]c(C(=O)OC)cc2c1. The van der Waals surface area contributed by atoms with Gasteiger partial charge in [-0.1, -0.05) is 0 Å². The van der Waals surface area contributed by atoms with Crippen LogP contribution in [0.25, 0.3) is 10.9 Å². The predicted octanol–water partition coefficient (Wildman–Crippen LogP) is 2.35. The topological polar surface area (TPSA) is 51.3 Å². The number of H-pyrrole nitrogens is 1. The highest BCUT2D eigenvalue weighted by molar-refractivity contribution is 5.95. The van der Waals surface area contributed by atoms with E-state index in [2.05, 4.69) is 9.72 Å². The van der Waals surface area contributed by atoms with Gasteiger partial charge in [-0.25, -0.2) is 4.79 Å². The van der Waals surface area contributed by atoms with E-state index in [-0.39, 0.29) is 5.97 Å². The van der Waals surface area contributed by atoms with E-state index in [1.807, 2.05) is 25.1 Å². The summed E-state index contributed by atoms with van der Waals surface area (Å²) in [4.78, 5) is 14.3. The first-order valence-corrected chi connectivity index (χ1v) is 5.08. The van der Waals surface area contributed by atoms with Crippen molar-refractivity contribution in [2.24, 2.45) is 0 Å². The second kappa shape index (κ2) is 4.26. The molecule has 0 spiro atoms. The van der Waals surface area contributed by atoms with Gasteiger partial charge in [0, 0.05) is 10.9 Å². The number of methoxy groups -OCH3 is 1. The lowest BCUT2D eigenvalue weighted by Gasteiger charge is -2.01. The first-order chi connectivity index (χ1) is 7.74. The smallest absolute Gasteiger partial charge is 0.354 e. The third-order valence-corrected chi connectivity index (χ3v) is 2.31. The van der Waals surface area contributed by atoms with Crippen molar-refractivity contribution in [3.8, 4) is 5.75 Å². The Hall–Kier alpha value is -1.97. The highest BCUT2D eigenvalue weighted by atomic mass is 16.5. The van der Waals surface area contributed by atoms with Gasteiger partial charge in [-0.05, 0) is 31.2 Å². The molecule has 0 aliphatic rings. The molecule has 0 unspecified atom stereocenters. The average Bonchev–Trinajstić information content (AvgIpc) is 2.71. The van der Waals surface area contributed by atoms with Gasteiger partial charge in [0.25, 0.3) is 0 Å². The molecule has 84 valence electrons. The Kier molecular flexibility index (Phi) is 2.81. The fourth-order valence-corrected chi connectivity index (χ4v) is 1.59. The number of hydrogen-bond donors (Lipinski definition) is 1. The number of ether oxygens (including phenoxy) is 2. The number of aromatic amines is 1. The normalized spacial score (nSPS) is 10.4. The van der Waals surface area contributed by atoms with E-state index < -0.39 is 0 Å². The van der Waals surface area contributed by atoms with Crippen molar-refractivity contribution in [1.82, 2.24) is 4.98 Å². The fraction of sp³-hybridized carbons (Fsp3) is 0.250. The lowest BCUT2D eigenvalue weighted by molar-refractivity contribution is 0.0595. The Morgan fingerprint density at radius 3 is 2.88 bits per heavy atom. The Balaban J connectivity index is 2.41. The number of aromatic nitrogens is 1. The van der Waals surface area contributed by atoms with Crippen LogP contribution in [0.2, 0.25) is 0 Å². The molecule has 0 radical (unpaired) electrons. The second-order valence-electron chi connectivity index (χ2n) is 3.36. The number of rotatable bonds is 3. The maximum atomic E-state index is 11.3. The molecule has 16 heavy (non-hydrogen) atoms. The van der Waals surface area contributed by atoms with Gasteiger partial charge < -0.3 is 14.5 Å². The molecule has 2 rings (SSSR count). The molecule has 2 aromatic rings. The summed E-state index contributed by atoms with van der Waals surface area (Å²) in [6, 6.07) is 7.39. The van der Waals surface area contributed by atoms with Crippen LogP contribution >= 0.6 is 0 Å². The van der Waals surface area contributed by atoms with Crippen LogP contribution in [-0.4, -0.2) is 24.7 Å². The molecule has 1 N–H and O–H groups in total. The summed E-state index contributed by atoms with van der Waals surface area (Å²) in [5, 5.41) is 0.936. The zero-order chi connectivity index (χ0) is 11.5. The number of fused-ring (bicyclic) bond motifs is 1. The van der Waals surface area contributed by atoms with Crippen LogP contribution in [0.5, 0.6) is 5.75 Å². The van der Waals surface area contributed by atoms with Crippen molar-refractivity contribution in [3.05, 3.63) is 30.0 Å². The lowest BCUT2D eigenvalue weighted by atomic mass is 10.2. The molecule has 0 saturated carbocycles. The molecule has 0 fully saturated rings. The largest absolute Gasteiger partial charge is 0.494 e. The van der Waals surface area contributed by atoms with Crippen LogP contribution < -0.4 is 4.74 Å². The van der Waals surface area contributed by atoms with Gasteiger partial charge in [0.15, 0.2) is 0 Å². The Morgan fingerprint density at radius 2 is 2.19 bits per heavy atom. The number of esters is 1. The molecule has 0 aliphatic heterocycles. The summed E-state index contributed by atoms with van der Waals surface area (Å²) >= 11 is 0. The maximum Gasteiger partial charge on any atom is 0.354 e. The molecule has 4 nitrogen and oxygen atoms in total. The van der Waals surface area contributed by atoms with E-state index in [9.17, 15) is 4.79 Å². The Morgan fingerprint density at radius 1 is 1.38 bits per heavy atom. The number of nitrogens with one attached hydrogen (secondary N) is 1. The third kappa shape index (κ3) is 1.86. The van der Waals surface area contributed by atoms with E-state index in [1.54, 1.807) is 6.07 Å². The Labute approximate surface area is 93.2 Å². The van der Waals surface area contributed by atoms with Crippen LogP contribution in [0.4, 0.5) is 0 Å². The van der Waals surface area contributed by atoms with E-state index in [0.29, 0.717) is 12.3 Å². The summed E-state index contributed by atoms with van der Waals surface area (Å²) in [7, 11) is 1.36. The molecule has 0 bridgehead atoms. The first kappa shape index (κ1) is 10.5. The predicted molar refractivity (Wildman–Crippen MR) is 60.8 cm³/mol. The molecule has 1 heterocycles. The van der Waals surface area contributed by atoms with E-state index in [1.165, 1.54) is 7.11 Å². The number of carbonyl (C=O) groups excluding carboxylic acids is 1. The van der Waals surface area contributed by atoms with Crippen molar-refractivity contribution in [2.75, 3.05) is 13.7 Å². The summed E-state index contributed by atoms with van der Waals surface area (Å²) in [6.45, 7) is 2.56. The summed E-state index contributed by atoms with van der Waals surface area (Å²) < 4.78 is 10.0. The van der Waals surface area contributed by atoms with Gasteiger partial charge in [0.1, 0.15) is 11.4 Å². The van der Waals surface area contributed by atoms with Gasteiger partial charge in [-0.3, -0.25) is 0 Å². The number of benzene rings is 1. The summed E-state index contributed by atoms with van der Waals surface area (Å²) in [6.07, 6.45) is 0. The van der Waals surface area contributed by atoms with Crippen molar-refractivity contribution >= 4 is 16.9 Å². The minimum absolute atomic E-state index is 0.367. The maximum absolute atomic E-state index is 11.3. The molecular weight excluding hydrogens is 206 g/mol. The van der Waals surface area contributed by atoms with Crippen molar-refractivity contribution in [3.63, 3.8) is 0 Å². The van der Waals surface area contributed by atoms with E-state index >= 15 is 0 Å². The zero-order valence-electron chi connectivity index (χ0n) is 9.24. The average molecular weight is 219 g/mol. The summed E-state index contributed by atoms with van der Waals surface area (Å²) in [5.41, 5.74) is 1.34. The van der Waals surface area contributed by atoms with E-state index in [0.717, 1.165) is 16.7 Å². The van der Waals surface area contributed by atoms with Crippen LogP contribution in [0, 0.1) is 0 Å². The lowest BCUT2D eigenvalue weighted by Crippen LogP contribution is -2.00. The van der Waals surface area contributed by atoms with E-state index in [4.69, 9.17) is 4.74 Å². The minimum Gasteiger partial charge on any atom is -0.494 e. The van der Waals surface area contributed by atoms with Gasteiger partial charge in [0.2, 0.25) is 0 Å². The van der Waals surface area contributed by atoms with Crippen molar-refractivity contribution in [2.45, 2.75) is 6.92 Å². The molecule has 4 heteroatoms. The molecule has 0 saturated heterocycles. The fourth-order valence-electron chi connectivity index (χ4n) is 1.59. The monoisotopic (exact) mass is 219 g/mol. The van der Waals surface area contributed by atoms with Crippen LogP contribution in [-0.2, 0) is 4.74 Å². The van der Waals surface area contributed by atoms with Gasteiger partial charge in [-0.2, -0.15) is 0 Å². The van der Waals surface area contributed by atoms with Crippen LogP contribution in [0.15, 0.2) is 24.3 Å². The first-order valence-electron chi connectivity index (χ1n) is 5.08. The Bertz CT molecular complexity index is 516. The minimum atomic E-state index is -0.367. The quantitative estimate of drug-likeness (QED) is 0.806. The highest BCUT2D eigenvalue weighted by Gasteiger charge is 2.09. The molecule has 1 aromatic carbocycles. The molecule has 0 aliphatic carbocycles. The third-order valence-electron chi connectivity index (χ3n) is 2.31. The summed E-state index contributed by atoms with van der Waals surface area (Å²) in [5.74, 6) is 0.430. The highest BCUT2D eigenvalue weighted by Crippen LogP contribution is 2.21. The van der Waals surface area contributed by atoms with Crippen LogP contribution in [0.3, 0.4) is 0 Å². The number of hydrogen-bond acceptors (Lipinski definition) is 3.